The molecule has 2 rings (SSSR count). The molecule has 0 atom stereocenters. The zero-order valence-corrected chi connectivity index (χ0v) is 12.0. The summed E-state index contributed by atoms with van der Waals surface area (Å²) in [5.74, 6) is 0.151. The lowest BCUT2D eigenvalue weighted by molar-refractivity contribution is 0.586. The smallest absolute Gasteiger partial charge is 0.213 e. The molecule has 0 bridgehead atoms. The summed E-state index contributed by atoms with van der Waals surface area (Å²) in [6.45, 7) is 3.73. The predicted molar refractivity (Wildman–Crippen MR) is 72.9 cm³/mol. The molecule has 0 aromatic heterocycles. The predicted octanol–water partition coefficient (Wildman–Crippen LogP) is 1.50. The molecule has 1 saturated heterocycles. The van der Waals surface area contributed by atoms with E-state index in [1.165, 1.54) is 5.56 Å². The molecule has 0 aliphatic carbocycles. The summed E-state index contributed by atoms with van der Waals surface area (Å²) in [7, 11) is -3.08. The number of hydrogen-bond acceptors (Lipinski definition) is 3. The van der Waals surface area contributed by atoms with Gasteiger partial charge in [0.1, 0.15) is 0 Å². The first-order valence-corrected chi connectivity index (χ1v) is 7.91. The van der Waals surface area contributed by atoms with Crippen LogP contribution in [0.25, 0.3) is 0 Å². The van der Waals surface area contributed by atoms with Crippen molar-refractivity contribution in [2.75, 3.05) is 30.3 Å². The molecular formula is C11H15BrN2O2S. The van der Waals surface area contributed by atoms with Crippen LogP contribution < -0.4 is 9.62 Å². The maximum absolute atomic E-state index is 11.4. The zero-order valence-electron chi connectivity index (χ0n) is 9.61. The monoisotopic (exact) mass is 318 g/mol. The van der Waals surface area contributed by atoms with Crippen LogP contribution in [0.1, 0.15) is 5.56 Å². The Morgan fingerprint density at radius 3 is 2.82 bits per heavy atom. The van der Waals surface area contributed by atoms with Crippen molar-refractivity contribution >= 4 is 31.6 Å². The lowest BCUT2D eigenvalue weighted by Gasteiger charge is -2.22. The average molecular weight is 319 g/mol. The van der Waals surface area contributed by atoms with Gasteiger partial charge in [-0.2, -0.15) is 0 Å². The molecule has 1 aliphatic rings. The standard InChI is InChI=1S/C11H15BrN2O2S/c1-9-2-3-10(8-11(9)12)14-5-4-13-17(15,16)7-6-14/h2-3,8,13H,4-7H2,1H3. The van der Waals surface area contributed by atoms with Gasteiger partial charge >= 0.3 is 0 Å². The Kier molecular flexibility index (Phi) is 3.75. The van der Waals surface area contributed by atoms with Crippen molar-refractivity contribution in [3.8, 4) is 0 Å². The number of hydrogen-bond donors (Lipinski definition) is 1. The minimum atomic E-state index is -3.08. The Morgan fingerprint density at radius 1 is 1.35 bits per heavy atom. The van der Waals surface area contributed by atoms with E-state index in [1.54, 1.807) is 0 Å². The Morgan fingerprint density at radius 2 is 2.12 bits per heavy atom. The highest BCUT2D eigenvalue weighted by Crippen LogP contribution is 2.23. The number of anilines is 1. The molecular weight excluding hydrogens is 304 g/mol. The third-order valence-corrected chi connectivity index (χ3v) is 5.07. The normalized spacial score (nSPS) is 20.0. The minimum Gasteiger partial charge on any atom is -0.369 e. The first kappa shape index (κ1) is 12.9. The molecule has 1 aliphatic heterocycles. The topological polar surface area (TPSA) is 49.4 Å². The average Bonchev–Trinajstić information content (AvgIpc) is 2.44. The second-order valence-electron chi connectivity index (χ2n) is 4.13. The van der Waals surface area contributed by atoms with E-state index in [2.05, 4.69) is 25.6 Å². The first-order valence-electron chi connectivity index (χ1n) is 5.46. The van der Waals surface area contributed by atoms with Gasteiger partial charge in [-0.1, -0.05) is 22.0 Å². The lowest BCUT2D eigenvalue weighted by atomic mass is 10.2. The molecule has 1 heterocycles. The summed E-state index contributed by atoms with van der Waals surface area (Å²) >= 11 is 3.49. The molecule has 0 radical (unpaired) electrons. The number of nitrogens with one attached hydrogen (secondary N) is 1. The van der Waals surface area contributed by atoms with E-state index in [1.807, 2.05) is 25.1 Å². The van der Waals surface area contributed by atoms with Gasteiger partial charge in [-0.15, -0.1) is 0 Å². The van der Waals surface area contributed by atoms with Crippen LogP contribution in [0.2, 0.25) is 0 Å². The van der Waals surface area contributed by atoms with E-state index in [4.69, 9.17) is 0 Å². The summed E-state index contributed by atoms with van der Waals surface area (Å²) < 4.78 is 26.5. The van der Waals surface area contributed by atoms with Crippen LogP contribution in [0.5, 0.6) is 0 Å². The molecule has 0 saturated carbocycles. The van der Waals surface area contributed by atoms with E-state index >= 15 is 0 Å². The van der Waals surface area contributed by atoms with Crippen LogP contribution in [0.3, 0.4) is 0 Å². The van der Waals surface area contributed by atoms with E-state index < -0.39 is 10.0 Å². The van der Waals surface area contributed by atoms with Crippen molar-refractivity contribution in [3.63, 3.8) is 0 Å². The molecule has 94 valence electrons. The third kappa shape index (κ3) is 3.20. The SMILES string of the molecule is Cc1ccc(N2CCNS(=O)(=O)CC2)cc1Br. The Balaban J connectivity index is 2.20. The molecule has 1 N–H and O–H groups in total. The fraction of sp³-hybridized carbons (Fsp3) is 0.455. The number of aryl methyl sites for hydroxylation is 1. The molecule has 1 fully saturated rings. The molecule has 6 heteroatoms. The van der Waals surface area contributed by atoms with E-state index in [0.717, 1.165) is 10.2 Å². The van der Waals surface area contributed by atoms with Crippen molar-refractivity contribution in [1.82, 2.24) is 4.72 Å². The number of halogens is 1. The van der Waals surface area contributed by atoms with Crippen molar-refractivity contribution in [3.05, 3.63) is 28.2 Å². The summed E-state index contributed by atoms with van der Waals surface area (Å²) in [5.41, 5.74) is 2.23. The van der Waals surface area contributed by atoms with Crippen molar-refractivity contribution in [1.29, 1.82) is 0 Å². The summed E-state index contributed by atoms with van der Waals surface area (Å²) in [6, 6.07) is 6.09. The fourth-order valence-electron chi connectivity index (χ4n) is 1.79. The van der Waals surface area contributed by atoms with Gasteiger partial charge in [-0.05, 0) is 24.6 Å². The van der Waals surface area contributed by atoms with Crippen molar-refractivity contribution in [2.45, 2.75) is 6.92 Å². The first-order chi connectivity index (χ1) is 7.98. The van der Waals surface area contributed by atoms with E-state index in [-0.39, 0.29) is 5.75 Å². The van der Waals surface area contributed by atoms with E-state index in [0.29, 0.717) is 19.6 Å². The highest BCUT2D eigenvalue weighted by molar-refractivity contribution is 9.10. The van der Waals surface area contributed by atoms with Gasteiger partial charge in [0.2, 0.25) is 10.0 Å². The molecule has 17 heavy (non-hydrogen) atoms. The molecule has 0 spiro atoms. The largest absolute Gasteiger partial charge is 0.369 e. The van der Waals surface area contributed by atoms with Crippen LogP contribution in [0.4, 0.5) is 5.69 Å². The van der Waals surface area contributed by atoms with Crippen LogP contribution in [0, 0.1) is 6.92 Å². The number of sulfonamides is 1. The van der Waals surface area contributed by atoms with Crippen LogP contribution in [0.15, 0.2) is 22.7 Å². The quantitative estimate of drug-likeness (QED) is 0.853. The third-order valence-electron chi connectivity index (χ3n) is 2.85. The van der Waals surface area contributed by atoms with Crippen LogP contribution in [-0.4, -0.2) is 33.8 Å². The van der Waals surface area contributed by atoms with Crippen LogP contribution >= 0.6 is 15.9 Å². The molecule has 0 unspecified atom stereocenters. The number of benzene rings is 1. The number of nitrogens with zero attached hydrogens (tertiary/aromatic N) is 1. The highest BCUT2D eigenvalue weighted by Gasteiger charge is 2.18. The summed E-state index contributed by atoms with van der Waals surface area (Å²) in [4.78, 5) is 2.09. The van der Waals surface area contributed by atoms with E-state index in [9.17, 15) is 8.42 Å². The van der Waals surface area contributed by atoms with Gasteiger partial charge < -0.3 is 4.90 Å². The van der Waals surface area contributed by atoms with Crippen molar-refractivity contribution in [2.24, 2.45) is 0 Å². The Labute approximate surface area is 110 Å². The molecule has 1 aromatic rings. The van der Waals surface area contributed by atoms with Crippen molar-refractivity contribution < 1.29 is 8.42 Å². The van der Waals surface area contributed by atoms with Gasteiger partial charge in [0.15, 0.2) is 0 Å². The van der Waals surface area contributed by atoms with Crippen LogP contribution in [-0.2, 0) is 10.0 Å². The minimum absolute atomic E-state index is 0.151. The molecule has 1 aromatic carbocycles. The second-order valence-corrected chi connectivity index (χ2v) is 6.91. The van der Waals surface area contributed by atoms with Gasteiger partial charge in [-0.3, -0.25) is 0 Å². The van der Waals surface area contributed by atoms with Gasteiger partial charge in [0, 0.05) is 29.8 Å². The second kappa shape index (κ2) is 4.96. The Bertz CT molecular complexity index is 516. The maximum Gasteiger partial charge on any atom is 0.213 e. The number of rotatable bonds is 1. The zero-order chi connectivity index (χ0) is 12.5. The Hall–Kier alpha value is -0.590. The van der Waals surface area contributed by atoms with Gasteiger partial charge in [-0.25, -0.2) is 13.1 Å². The molecule has 0 amide bonds. The van der Waals surface area contributed by atoms with Gasteiger partial charge in [0.05, 0.1) is 5.75 Å². The maximum atomic E-state index is 11.4. The highest BCUT2D eigenvalue weighted by atomic mass is 79.9. The lowest BCUT2D eigenvalue weighted by Crippen LogP contribution is -2.28. The summed E-state index contributed by atoms with van der Waals surface area (Å²) in [6.07, 6.45) is 0. The molecule has 4 nitrogen and oxygen atoms in total. The fourth-order valence-corrected chi connectivity index (χ4v) is 3.16. The van der Waals surface area contributed by atoms with Gasteiger partial charge in [0.25, 0.3) is 0 Å². The summed E-state index contributed by atoms with van der Waals surface area (Å²) in [5, 5.41) is 0.